The first-order chi connectivity index (χ1) is 9.57. The van der Waals surface area contributed by atoms with E-state index in [-0.39, 0.29) is 18.4 Å². The van der Waals surface area contributed by atoms with E-state index >= 15 is 0 Å². The van der Waals surface area contributed by atoms with E-state index in [1.165, 1.54) is 5.56 Å². The van der Waals surface area contributed by atoms with Gasteiger partial charge in [0.2, 0.25) is 10.0 Å². The van der Waals surface area contributed by atoms with Crippen LogP contribution in [0.5, 0.6) is 0 Å². The van der Waals surface area contributed by atoms with Gasteiger partial charge in [0.1, 0.15) is 0 Å². The van der Waals surface area contributed by atoms with Crippen molar-refractivity contribution in [1.82, 2.24) is 9.62 Å². The van der Waals surface area contributed by atoms with E-state index in [1.54, 1.807) is 6.92 Å². The van der Waals surface area contributed by atoms with Gasteiger partial charge in [0.25, 0.3) is 0 Å². The minimum atomic E-state index is -3.14. The molecule has 0 spiro atoms. The number of nitrogens with one attached hydrogen (secondary N) is 1. The summed E-state index contributed by atoms with van der Waals surface area (Å²) in [5, 5.41) is 9.63. The maximum Gasteiger partial charge on any atom is 0.211 e. The van der Waals surface area contributed by atoms with Crippen LogP contribution >= 0.6 is 0 Å². The van der Waals surface area contributed by atoms with Crippen molar-refractivity contribution in [2.75, 3.05) is 32.0 Å². The lowest BCUT2D eigenvalue weighted by atomic mass is 9.93. The van der Waals surface area contributed by atoms with Gasteiger partial charge in [0.15, 0.2) is 0 Å². The summed E-state index contributed by atoms with van der Waals surface area (Å²) in [6.07, 6.45) is 0.938. The molecule has 0 aromatic heterocycles. The molecule has 0 bridgehead atoms. The second-order valence-electron chi connectivity index (χ2n) is 4.98. The highest BCUT2D eigenvalue weighted by atomic mass is 32.2. The van der Waals surface area contributed by atoms with Gasteiger partial charge in [0, 0.05) is 19.6 Å². The largest absolute Gasteiger partial charge is 0.394 e. The predicted octanol–water partition coefficient (Wildman–Crippen LogP) is 0.517. The third-order valence-electron chi connectivity index (χ3n) is 3.80. The number of aliphatic hydroxyl groups is 1. The van der Waals surface area contributed by atoms with Crippen LogP contribution in [0.2, 0.25) is 0 Å². The zero-order valence-corrected chi connectivity index (χ0v) is 12.6. The summed E-state index contributed by atoms with van der Waals surface area (Å²) in [4.78, 5) is 2.14. The highest BCUT2D eigenvalue weighted by Crippen LogP contribution is 2.28. The normalized spacial score (nSPS) is 19.8. The number of benzene rings is 1. The van der Waals surface area contributed by atoms with Gasteiger partial charge in [-0.15, -0.1) is 0 Å². The van der Waals surface area contributed by atoms with Crippen LogP contribution in [-0.4, -0.2) is 50.4 Å². The average molecular weight is 298 g/mol. The molecule has 0 radical (unpaired) electrons. The maximum absolute atomic E-state index is 11.4. The first-order valence-corrected chi connectivity index (χ1v) is 8.62. The van der Waals surface area contributed by atoms with E-state index in [0.29, 0.717) is 13.1 Å². The molecule has 1 aliphatic heterocycles. The number of fused-ring (bicyclic) bond motifs is 1. The molecule has 0 saturated heterocycles. The molecule has 0 amide bonds. The van der Waals surface area contributed by atoms with Gasteiger partial charge in [-0.05, 0) is 24.5 Å². The first-order valence-electron chi connectivity index (χ1n) is 6.97. The summed E-state index contributed by atoms with van der Waals surface area (Å²) in [7, 11) is -3.14. The fourth-order valence-corrected chi connectivity index (χ4v) is 3.24. The number of aliphatic hydroxyl groups excluding tert-OH is 1. The molecule has 1 unspecified atom stereocenters. The van der Waals surface area contributed by atoms with Gasteiger partial charge < -0.3 is 5.11 Å². The number of rotatable bonds is 6. The molecule has 1 heterocycles. The zero-order chi connectivity index (χ0) is 14.6. The van der Waals surface area contributed by atoms with Gasteiger partial charge in [-0.2, -0.15) is 0 Å². The van der Waals surface area contributed by atoms with Crippen molar-refractivity contribution in [2.45, 2.75) is 19.4 Å². The number of hydrogen-bond donors (Lipinski definition) is 2. The smallest absolute Gasteiger partial charge is 0.211 e. The summed E-state index contributed by atoms with van der Waals surface area (Å²) >= 11 is 0. The maximum atomic E-state index is 11.4. The van der Waals surface area contributed by atoms with E-state index in [2.05, 4.69) is 15.7 Å². The summed E-state index contributed by atoms with van der Waals surface area (Å²) in [6.45, 7) is 3.51. The van der Waals surface area contributed by atoms with Crippen molar-refractivity contribution < 1.29 is 13.5 Å². The Morgan fingerprint density at radius 2 is 2.15 bits per heavy atom. The fraction of sp³-hybridized carbons (Fsp3) is 0.571. The van der Waals surface area contributed by atoms with Crippen LogP contribution in [0.25, 0.3) is 0 Å². The van der Waals surface area contributed by atoms with E-state index in [0.717, 1.165) is 18.5 Å². The highest BCUT2D eigenvalue weighted by Gasteiger charge is 2.26. The topological polar surface area (TPSA) is 69.6 Å². The third kappa shape index (κ3) is 3.58. The molecule has 0 fully saturated rings. The number of hydrogen-bond acceptors (Lipinski definition) is 4. The SMILES string of the molecule is CCS(=O)(=O)NCCN1CCc2ccccc2C1CO. The summed E-state index contributed by atoms with van der Waals surface area (Å²) in [5.41, 5.74) is 2.43. The lowest BCUT2D eigenvalue weighted by Crippen LogP contribution is -2.42. The minimum absolute atomic E-state index is 0.0360. The second kappa shape index (κ2) is 6.67. The Labute approximate surface area is 120 Å². The molecule has 1 aromatic carbocycles. The van der Waals surface area contributed by atoms with Gasteiger partial charge in [-0.1, -0.05) is 24.3 Å². The molecular formula is C14H22N2O3S. The van der Waals surface area contributed by atoms with Crippen LogP contribution in [0, 0.1) is 0 Å². The van der Waals surface area contributed by atoms with Crippen molar-refractivity contribution >= 4 is 10.0 Å². The molecule has 2 N–H and O–H groups in total. The average Bonchev–Trinajstić information content (AvgIpc) is 2.46. The van der Waals surface area contributed by atoms with Gasteiger partial charge in [-0.3, -0.25) is 4.90 Å². The molecule has 6 heteroatoms. The lowest BCUT2D eigenvalue weighted by Gasteiger charge is -2.36. The molecule has 1 aromatic rings. The Balaban J connectivity index is 2.00. The third-order valence-corrected chi connectivity index (χ3v) is 5.20. The molecule has 20 heavy (non-hydrogen) atoms. The summed E-state index contributed by atoms with van der Waals surface area (Å²) in [5.74, 6) is 0.0965. The molecule has 0 aliphatic carbocycles. The first kappa shape index (κ1) is 15.4. The van der Waals surface area contributed by atoms with Crippen molar-refractivity contribution in [3.63, 3.8) is 0 Å². The van der Waals surface area contributed by atoms with Gasteiger partial charge in [0.05, 0.1) is 18.4 Å². The lowest BCUT2D eigenvalue weighted by molar-refractivity contribution is 0.116. The molecule has 112 valence electrons. The molecule has 1 aliphatic rings. The Morgan fingerprint density at radius 3 is 2.85 bits per heavy atom. The van der Waals surface area contributed by atoms with Gasteiger partial charge in [-0.25, -0.2) is 13.1 Å². The van der Waals surface area contributed by atoms with E-state index in [4.69, 9.17) is 0 Å². The standard InChI is InChI=1S/C14H22N2O3S/c1-2-20(18,19)15-8-10-16-9-7-12-5-3-4-6-13(12)14(16)11-17/h3-6,14-15,17H,2,7-11H2,1H3. The molecule has 0 saturated carbocycles. The summed E-state index contributed by atoms with van der Waals surface area (Å²) < 4.78 is 25.4. The second-order valence-corrected chi connectivity index (χ2v) is 7.08. The van der Waals surface area contributed by atoms with Crippen molar-refractivity contribution in [2.24, 2.45) is 0 Å². The van der Waals surface area contributed by atoms with E-state index < -0.39 is 10.0 Å². The quantitative estimate of drug-likeness (QED) is 0.803. The Morgan fingerprint density at radius 1 is 1.40 bits per heavy atom. The monoisotopic (exact) mass is 298 g/mol. The van der Waals surface area contributed by atoms with Crippen LogP contribution in [-0.2, 0) is 16.4 Å². The minimum Gasteiger partial charge on any atom is -0.394 e. The Bertz CT molecular complexity index is 545. The van der Waals surface area contributed by atoms with Gasteiger partial charge >= 0.3 is 0 Å². The highest BCUT2D eigenvalue weighted by molar-refractivity contribution is 7.89. The van der Waals surface area contributed by atoms with Crippen molar-refractivity contribution in [3.8, 4) is 0 Å². The molecule has 2 rings (SSSR count). The fourth-order valence-electron chi connectivity index (χ4n) is 2.63. The Hall–Kier alpha value is -0.950. The van der Waals surface area contributed by atoms with E-state index in [1.807, 2.05) is 18.2 Å². The van der Waals surface area contributed by atoms with E-state index in [9.17, 15) is 13.5 Å². The molecule has 5 nitrogen and oxygen atoms in total. The number of nitrogens with zero attached hydrogens (tertiary/aromatic N) is 1. The molecular weight excluding hydrogens is 276 g/mol. The molecule has 1 atom stereocenters. The Kier molecular flexibility index (Phi) is 5.15. The number of sulfonamides is 1. The van der Waals surface area contributed by atoms with Crippen molar-refractivity contribution in [1.29, 1.82) is 0 Å². The zero-order valence-electron chi connectivity index (χ0n) is 11.7. The van der Waals surface area contributed by atoms with Crippen LogP contribution in [0.3, 0.4) is 0 Å². The van der Waals surface area contributed by atoms with Crippen LogP contribution in [0.1, 0.15) is 24.1 Å². The summed E-state index contributed by atoms with van der Waals surface area (Å²) in [6, 6.07) is 8.09. The van der Waals surface area contributed by atoms with Crippen molar-refractivity contribution in [3.05, 3.63) is 35.4 Å². The predicted molar refractivity (Wildman–Crippen MR) is 79.0 cm³/mol. The van der Waals surface area contributed by atoms with Crippen LogP contribution in [0.4, 0.5) is 0 Å². The van der Waals surface area contributed by atoms with Crippen LogP contribution in [0.15, 0.2) is 24.3 Å². The van der Waals surface area contributed by atoms with Crippen LogP contribution < -0.4 is 4.72 Å².